The highest BCUT2D eigenvalue weighted by molar-refractivity contribution is 5.81. The fraction of sp³-hybridized carbons (Fsp3) is 0.500. The van der Waals surface area contributed by atoms with Crippen LogP contribution in [0.15, 0.2) is 24.4 Å². The summed E-state index contributed by atoms with van der Waals surface area (Å²) in [5, 5.41) is 2.79. The fourth-order valence-corrected chi connectivity index (χ4v) is 1.31. The van der Waals surface area contributed by atoms with Gasteiger partial charge in [0.15, 0.2) is 0 Å². The number of hydrogen-bond acceptors (Lipinski definition) is 3. The molecule has 1 aromatic heterocycles. The average Bonchev–Trinajstić information content (AvgIpc) is 2.35. The van der Waals surface area contributed by atoms with E-state index < -0.39 is 6.04 Å². The first-order valence-electron chi connectivity index (χ1n) is 5.58. The van der Waals surface area contributed by atoms with Gasteiger partial charge in [-0.3, -0.25) is 9.78 Å². The molecule has 3 N–H and O–H groups in total. The maximum absolute atomic E-state index is 11.7. The minimum Gasteiger partial charge on any atom is -0.349 e. The zero-order valence-corrected chi connectivity index (χ0v) is 9.81. The highest BCUT2D eigenvalue weighted by atomic mass is 16.2. The smallest absolute Gasteiger partial charge is 0.237 e. The molecule has 0 unspecified atom stereocenters. The number of amides is 1. The van der Waals surface area contributed by atoms with Gasteiger partial charge in [-0.15, -0.1) is 0 Å². The van der Waals surface area contributed by atoms with Crippen molar-refractivity contribution >= 4 is 5.91 Å². The minimum absolute atomic E-state index is 0.111. The van der Waals surface area contributed by atoms with Crippen molar-refractivity contribution in [3.05, 3.63) is 30.1 Å². The molecule has 0 spiro atoms. The number of carbonyl (C=O) groups excluding carboxylic acids is 1. The van der Waals surface area contributed by atoms with Crippen molar-refractivity contribution in [2.45, 2.75) is 32.9 Å². The van der Waals surface area contributed by atoms with E-state index in [1.54, 1.807) is 6.20 Å². The van der Waals surface area contributed by atoms with Gasteiger partial charge in [-0.25, -0.2) is 0 Å². The molecule has 1 aromatic rings. The first kappa shape index (κ1) is 12.6. The van der Waals surface area contributed by atoms with Crippen LogP contribution in [-0.4, -0.2) is 16.9 Å². The van der Waals surface area contributed by atoms with Gasteiger partial charge >= 0.3 is 0 Å². The standard InChI is InChI=1S/C12H19N3O/c1-3-9(2)11(13)12(16)15-8-10-6-4-5-7-14-10/h4-7,9,11H,3,8,13H2,1-2H3,(H,15,16)/t9-,11-/m0/s1. The van der Waals surface area contributed by atoms with Gasteiger partial charge in [0.05, 0.1) is 18.3 Å². The molecule has 0 bridgehead atoms. The van der Waals surface area contributed by atoms with Crippen molar-refractivity contribution in [1.29, 1.82) is 0 Å². The van der Waals surface area contributed by atoms with Crippen LogP contribution < -0.4 is 11.1 Å². The SMILES string of the molecule is CC[C@H](C)[C@H](N)C(=O)NCc1ccccn1. The molecule has 1 heterocycles. The van der Waals surface area contributed by atoms with Crippen LogP contribution in [0.1, 0.15) is 26.0 Å². The monoisotopic (exact) mass is 221 g/mol. The largest absolute Gasteiger partial charge is 0.349 e. The second kappa shape index (κ2) is 6.23. The summed E-state index contributed by atoms with van der Waals surface area (Å²) < 4.78 is 0. The number of rotatable bonds is 5. The summed E-state index contributed by atoms with van der Waals surface area (Å²) in [6.07, 6.45) is 2.61. The van der Waals surface area contributed by atoms with Gasteiger partial charge in [-0.05, 0) is 18.1 Å². The molecular formula is C12H19N3O. The lowest BCUT2D eigenvalue weighted by Gasteiger charge is -2.17. The molecule has 4 nitrogen and oxygen atoms in total. The van der Waals surface area contributed by atoms with Crippen LogP contribution in [0, 0.1) is 5.92 Å². The van der Waals surface area contributed by atoms with Crippen LogP contribution in [0.4, 0.5) is 0 Å². The summed E-state index contributed by atoms with van der Waals surface area (Å²) in [5.41, 5.74) is 6.64. The number of pyridine rings is 1. The second-order valence-corrected chi connectivity index (χ2v) is 3.95. The summed E-state index contributed by atoms with van der Waals surface area (Å²) >= 11 is 0. The molecule has 16 heavy (non-hydrogen) atoms. The molecule has 0 radical (unpaired) electrons. The molecule has 0 aromatic carbocycles. The molecule has 0 fully saturated rings. The summed E-state index contributed by atoms with van der Waals surface area (Å²) in [6, 6.07) is 5.17. The summed E-state index contributed by atoms with van der Waals surface area (Å²) in [5.74, 6) is 0.0868. The van der Waals surface area contributed by atoms with Crippen molar-refractivity contribution in [2.24, 2.45) is 11.7 Å². The molecule has 0 saturated heterocycles. The molecule has 1 rings (SSSR count). The van der Waals surface area contributed by atoms with Gasteiger partial charge in [-0.2, -0.15) is 0 Å². The lowest BCUT2D eigenvalue weighted by Crippen LogP contribution is -2.44. The Morgan fingerprint density at radius 3 is 2.88 bits per heavy atom. The van der Waals surface area contributed by atoms with E-state index in [2.05, 4.69) is 10.3 Å². The molecular weight excluding hydrogens is 202 g/mol. The van der Waals surface area contributed by atoms with Gasteiger partial charge < -0.3 is 11.1 Å². The van der Waals surface area contributed by atoms with E-state index in [0.29, 0.717) is 6.54 Å². The number of carbonyl (C=O) groups is 1. The van der Waals surface area contributed by atoms with E-state index >= 15 is 0 Å². The normalized spacial score (nSPS) is 14.2. The van der Waals surface area contributed by atoms with Gasteiger partial charge in [0, 0.05) is 6.20 Å². The van der Waals surface area contributed by atoms with E-state index in [9.17, 15) is 4.79 Å². The zero-order chi connectivity index (χ0) is 12.0. The highest BCUT2D eigenvalue weighted by Crippen LogP contribution is 2.05. The Labute approximate surface area is 96.3 Å². The van der Waals surface area contributed by atoms with Crippen LogP contribution in [0.25, 0.3) is 0 Å². The molecule has 1 amide bonds. The third kappa shape index (κ3) is 3.62. The highest BCUT2D eigenvalue weighted by Gasteiger charge is 2.18. The Bertz CT molecular complexity index is 326. The third-order valence-corrected chi connectivity index (χ3v) is 2.73. The summed E-state index contributed by atoms with van der Waals surface area (Å²) in [6.45, 7) is 4.44. The van der Waals surface area contributed by atoms with Crippen molar-refractivity contribution < 1.29 is 4.79 Å². The molecule has 0 saturated carbocycles. The lowest BCUT2D eigenvalue weighted by molar-refractivity contribution is -0.123. The third-order valence-electron chi connectivity index (χ3n) is 2.73. The Balaban J connectivity index is 2.41. The maximum Gasteiger partial charge on any atom is 0.237 e. The molecule has 88 valence electrons. The maximum atomic E-state index is 11.7. The van der Waals surface area contributed by atoms with Gasteiger partial charge in [0.1, 0.15) is 0 Å². The van der Waals surface area contributed by atoms with Crippen molar-refractivity contribution in [1.82, 2.24) is 10.3 Å². The van der Waals surface area contributed by atoms with Crippen molar-refractivity contribution in [3.63, 3.8) is 0 Å². The number of hydrogen-bond donors (Lipinski definition) is 2. The Hall–Kier alpha value is -1.42. The fourth-order valence-electron chi connectivity index (χ4n) is 1.31. The van der Waals surface area contributed by atoms with Gasteiger partial charge in [0.2, 0.25) is 5.91 Å². The van der Waals surface area contributed by atoms with Gasteiger partial charge in [0.25, 0.3) is 0 Å². The van der Waals surface area contributed by atoms with E-state index in [0.717, 1.165) is 12.1 Å². The molecule has 0 aliphatic heterocycles. The Kier molecular flexibility index (Phi) is 4.92. The second-order valence-electron chi connectivity index (χ2n) is 3.95. The lowest BCUT2D eigenvalue weighted by atomic mass is 9.99. The van der Waals surface area contributed by atoms with E-state index in [1.807, 2.05) is 32.0 Å². The van der Waals surface area contributed by atoms with Crippen LogP contribution in [-0.2, 0) is 11.3 Å². The molecule has 4 heteroatoms. The van der Waals surface area contributed by atoms with Crippen LogP contribution in [0.5, 0.6) is 0 Å². The number of nitrogens with two attached hydrogens (primary N) is 1. The van der Waals surface area contributed by atoms with E-state index in [1.165, 1.54) is 0 Å². The van der Waals surface area contributed by atoms with Crippen LogP contribution >= 0.6 is 0 Å². The first-order chi connectivity index (χ1) is 7.65. The Morgan fingerprint density at radius 2 is 2.31 bits per heavy atom. The van der Waals surface area contributed by atoms with Crippen LogP contribution in [0.2, 0.25) is 0 Å². The van der Waals surface area contributed by atoms with Crippen LogP contribution in [0.3, 0.4) is 0 Å². The molecule has 0 aliphatic rings. The number of aromatic nitrogens is 1. The summed E-state index contributed by atoms with van der Waals surface area (Å²) in [7, 11) is 0. The molecule has 0 aliphatic carbocycles. The molecule has 2 atom stereocenters. The van der Waals surface area contributed by atoms with Crippen molar-refractivity contribution in [3.8, 4) is 0 Å². The van der Waals surface area contributed by atoms with Crippen molar-refractivity contribution in [2.75, 3.05) is 0 Å². The summed E-state index contributed by atoms with van der Waals surface area (Å²) in [4.78, 5) is 15.8. The number of nitrogens with one attached hydrogen (secondary N) is 1. The predicted molar refractivity (Wildman–Crippen MR) is 63.5 cm³/mol. The quantitative estimate of drug-likeness (QED) is 0.781. The zero-order valence-electron chi connectivity index (χ0n) is 9.81. The van der Waals surface area contributed by atoms with Gasteiger partial charge in [-0.1, -0.05) is 26.3 Å². The number of nitrogens with zero attached hydrogens (tertiary/aromatic N) is 1. The van der Waals surface area contributed by atoms with E-state index in [-0.39, 0.29) is 11.8 Å². The topological polar surface area (TPSA) is 68.0 Å². The predicted octanol–water partition coefficient (Wildman–Crippen LogP) is 1.07. The van der Waals surface area contributed by atoms with E-state index in [4.69, 9.17) is 5.73 Å². The first-order valence-corrected chi connectivity index (χ1v) is 5.58. The Morgan fingerprint density at radius 1 is 1.56 bits per heavy atom. The minimum atomic E-state index is -0.436. The average molecular weight is 221 g/mol.